The summed E-state index contributed by atoms with van der Waals surface area (Å²) in [5.41, 5.74) is 6.06. The first kappa shape index (κ1) is 12.7. The second kappa shape index (κ2) is 5.73. The number of phenolic OH excluding ortho intramolecular Hbond substituents is 1. The second-order valence-electron chi connectivity index (χ2n) is 4.43. The third kappa shape index (κ3) is 3.13. The molecule has 0 amide bonds. The van der Waals surface area contributed by atoms with Crippen LogP contribution >= 0.6 is 0 Å². The fourth-order valence-electron chi connectivity index (χ4n) is 1.87. The van der Waals surface area contributed by atoms with Gasteiger partial charge in [-0.3, -0.25) is 0 Å². The highest BCUT2D eigenvalue weighted by atomic mass is 16.5. The van der Waals surface area contributed by atoms with Gasteiger partial charge in [0.15, 0.2) is 0 Å². The summed E-state index contributed by atoms with van der Waals surface area (Å²) >= 11 is 0. The number of carbonyl (C=O) groups excluding carboxylic acids is 1. The molecule has 1 aliphatic rings. The Labute approximate surface area is 106 Å². The van der Waals surface area contributed by atoms with Crippen LogP contribution in [-0.4, -0.2) is 30.9 Å². The van der Waals surface area contributed by atoms with Crippen molar-refractivity contribution in [3.63, 3.8) is 0 Å². The SMILES string of the molecule is Nc1cc(C(=O)OCC2CCOCC2)ccc1O. The lowest BCUT2D eigenvalue weighted by molar-refractivity contribution is 0.0185. The Kier molecular flexibility index (Phi) is 4.04. The second-order valence-corrected chi connectivity index (χ2v) is 4.43. The summed E-state index contributed by atoms with van der Waals surface area (Å²) in [5, 5.41) is 9.27. The highest BCUT2D eigenvalue weighted by Gasteiger charge is 2.17. The van der Waals surface area contributed by atoms with Gasteiger partial charge in [-0.05, 0) is 37.0 Å². The minimum atomic E-state index is -0.409. The standard InChI is InChI=1S/C13H17NO4/c14-11-7-10(1-2-12(11)15)13(16)18-8-9-3-5-17-6-4-9/h1-2,7,9,15H,3-6,8,14H2. The van der Waals surface area contributed by atoms with Crippen molar-refractivity contribution in [1.82, 2.24) is 0 Å². The van der Waals surface area contributed by atoms with Crippen LogP contribution in [-0.2, 0) is 9.47 Å². The molecule has 0 radical (unpaired) electrons. The van der Waals surface area contributed by atoms with Crippen LogP contribution < -0.4 is 5.73 Å². The third-order valence-electron chi connectivity index (χ3n) is 3.05. The van der Waals surface area contributed by atoms with E-state index in [0.29, 0.717) is 18.1 Å². The number of nitrogens with two attached hydrogens (primary N) is 1. The molecule has 5 heteroatoms. The molecule has 1 aromatic rings. The molecule has 3 N–H and O–H groups in total. The van der Waals surface area contributed by atoms with E-state index in [0.717, 1.165) is 26.1 Å². The average molecular weight is 251 g/mol. The minimum Gasteiger partial charge on any atom is -0.506 e. The summed E-state index contributed by atoms with van der Waals surface area (Å²) in [6.45, 7) is 1.87. The van der Waals surface area contributed by atoms with E-state index in [2.05, 4.69) is 0 Å². The molecule has 0 saturated carbocycles. The normalized spacial score (nSPS) is 16.4. The highest BCUT2D eigenvalue weighted by Crippen LogP contribution is 2.21. The number of benzene rings is 1. The Balaban J connectivity index is 1.88. The van der Waals surface area contributed by atoms with Crippen LogP contribution in [0.25, 0.3) is 0 Å². The van der Waals surface area contributed by atoms with Crippen LogP contribution in [0.5, 0.6) is 5.75 Å². The molecule has 18 heavy (non-hydrogen) atoms. The summed E-state index contributed by atoms with van der Waals surface area (Å²) in [5.74, 6) is -0.0682. The van der Waals surface area contributed by atoms with E-state index in [1.807, 2.05) is 0 Å². The van der Waals surface area contributed by atoms with Gasteiger partial charge in [0.1, 0.15) is 5.75 Å². The van der Waals surface area contributed by atoms with E-state index < -0.39 is 5.97 Å². The number of aromatic hydroxyl groups is 1. The molecular weight excluding hydrogens is 234 g/mol. The first-order chi connectivity index (χ1) is 8.66. The van der Waals surface area contributed by atoms with Crippen LogP contribution in [0, 0.1) is 5.92 Å². The molecule has 1 aromatic carbocycles. The van der Waals surface area contributed by atoms with Gasteiger partial charge in [0.2, 0.25) is 0 Å². The average Bonchev–Trinajstić information content (AvgIpc) is 2.40. The van der Waals surface area contributed by atoms with Crippen LogP contribution in [0.1, 0.15) is 23.2 Å². The smallest absolute Gasteiger partial charge is 0.338 e. The Bertz CT molecular complexity index is 427. The van der Waals surface area contributed by atoms with Gasteiger partial charge in [0.05, 0.1) is 17.9 Å². The molecule has 0 aromatic heterocycles. The van der Waals surface area contributed by atoms with Crippen molar-refractivity contribution in [3.05, 3.63) is 23.8 Å². The van der Waals surface area contributed by atoms with E-state index in [9.17, 15) is 9.90 Å². The van der Waals surface area contributed by atoms with Gasteiger partial charge in [-0.25, -0.2) is 4.79 Å². The van der Waals surface area contributed by atoms with Crippen molar-refractivity contribution < 1.29 is 19.4 Å². The van der Waals surface area contributed by atoms with Crippen molar-refractivity contribution in [3.8, 4) is 5.75 Å². The van der Waals surface area contributed by atoms with E-state index in [1.54, 1.807) is 0 Å². The molecule has 0 unspecified atom stereocenters. The molecule has 1 fully saturated rings. The fraction of sp³-hybridized carbons (Fsp3) is 0.462. The molecule has 0 bridgehead atoms. The van der Waals surface area contributed by atoms with Gasteiger partial charge in [-0.15, -0.1) is 0 Å². The van der Waals surface area contributed by atoms with Gasteiger partial charge in [-0.1, -0.05) is 0 Å². The quantitative estimate of drug-likeness (QED) is 0.484. The Morgan fingerprint density at radius 1 is 1.44 bits per heavy atom. The maximum atomic E-state index is 11.8. The lowest BCUT2D eigenvalue weighted by Crippen LogP contribution is -2.21. The first-order valence-electron chi connectivity index (χ1n) is 6.00. The Morgan fingerprint density at radius 2 is 2.17 bits per heavy atom. The zero-order valence-electron chi connectivity index (χ0n) is 10.1. The van der Waals surface area contributed by atoms with Crippen molar-refractivity contribution in [2.24, 2.45) is 5.92 Å². The van der Waals surface area contributed by atoms with E-state index in [4.69, 9.17) is 15.2 Å². The zero-order chi connectivity index (χ0) is 13.0. The van der Waals surface area contributed by atoms with Crippen LogP contribution in [0.15, 0.2) is 18.2 Å². The summed E-state index contributed by atoms with van der Waals surface area (Å²) in [7, 11) is 0. The topological polar surface area (TPSA) is 81.8 Å². The number of esters is 1. The molecule has 0 aliphatic carbocycles. The summed E-state index contributed by atoms with van der Waals surface area (Å²) in [6, 6.07) is 4.31. The predicted octanol–water partition coefficient (Wildman–Crippen LogP) is 1.56. The molecule has 2 rings (SSSR count). The number of rotatable bonds is 3. The summed E-state index contributed by atoms with van der Waals surface area (Å²) < 4.78 is 10.5. The van der Waals surface area contributed by atoms with Crippen molar-refractivity contribution in [2.75, 3.05) is 25.6 Å². The molecule has 1 aliphatic heterocycles. The monoisotopic (exact) mass is 251 g/mol. The fourth-order valence-corrected chi connectivity index (χ4v) is 1.87. The lowest BCUT2D eigenvalue weighted by atomic mass is 10.0. The number of phenols is 1. The van der Waals surface area contributed by atoms with Crippen molar-refractivity contribution in [1.29, 1.82) is 0 Å². The van der Waals surface area contributed by atoms with Gasteiger partial charge in [0.25, 0.3) is 0 Å². The van der Waals surface area contributed by atoms with Crippen molar-refractivity contribution in [2.45, 2.75) is 12.8 Å². The molecule has 1 heterocycles. The number of carbonyl (C=O) groups is 1. The largest absolute Gasteiger partial charge is 0.506 e. The lowest BCUT2D eigenvalue weighted by Gasteiger charge is -2.21. The Hall–Kier alpha value is -1.75. The summed E-state index contributed by atoms with van der Waals surface area (Å²) in [4.78, 5) is 11.8. The third-order valence-corrected chi connectivity index (χ3v) is 3.05. The molecule has 5 nitrogen and oxygen atoms in total. The number of hydrogen-bond acceptors (Lipinski definition) is 5. The maximum Gasteiger partial charge on any atom is 0.338 e. The number of nitrogen functional groups attached to an aromatic ring is 1. The van der Waals surface area contributed by atoms with Crippen LogP contribution in [0.4, 0.5) is 5.69 Å². The minimum absolute atomic E-state index is 0.0315. The van der Waals surface area contributed by atoms with Gasteiger partial charge < -0.3 is 20.3 Å². The number of anilines is 1. The van der Waals surface area contributed by atoms with Gasteiger partial charge in [0, 0.05) is 13.2 Å². The molecular formula is C13H17NO4. The predicted molar refractivity (Wildman–Crippen MR) is 66.3 cm³/mol. The van der Waals surface area contributed by atoms with Gasteiger partial charge in [-0.2, -0.15) is 0 Å². The van der Waals surface area contributed by atoms with E-state index in [1.165, 1.54) is 18.2 Å². The number of ether oxygens (including phenoxy) is 2. The maximum absolute atomic E-state index is 11.8. The van der Waals surface area contributed by atoms with E-state index in [-0.39, 0.29) is 11.4 Å². The van der Waals surface area contributed by atoms with Crippen molar-refractivity contribution >= 4 is 11.7 Å². The molecule has 0 spiro atoms. The Morgan fingerprint density at radius 3 is 2.83 bits per heavy atom. The van der Waals surface area contributed by atoms with Crippen LogP contribution in [0.2, 0.25) is 0 Å². The highest BCUT2D eigenvalue weighted by molar-refractivity contribution is 5.90. The number of hydrogen-bond donors (Lipinski definition) is 2. The van der Waals surface area contributed by atoms with Crippen LogP contribution in [0.3, 0.4) is 0 Å². The molecule has 98 valence electrons. The van der Waals surface area contributed by atoms with Gasteiger partial charge >= 0.3 is 5.97 Å². The molecule has 1 saturated heterocycles. The van der Waals surface area contributed by atoms with E-state index >= 15 is 0 Å². The molecule has 0 atom stereocenters. The first-order valence-corrected chi connectivity index (χ1v) is 6.00. The summed E-state index contributed by atoms with van der Waals surface area (Å²) in [6.07, 6.45) is 1.84. The zero-order valence-corrected chi connectivity index (χ0v) is 10.1.